The zero-order chi connectivity index (χ0) is 15.2. The van der Waals surface area contributed by atoms with E-state index in [0.717, 1.165) is 12.1 Å². The van der Waals surface area contributed by atoms with Crippen molar-refractivity contribution in [1.82, 2.24) is 5.32 Å². The van der Waals surface area contributed by atoms with Gasteiger partial charge < -0.3 is 20.7 Å². The van der Waals surface area contributed by atoms with E-state index in [1.165, 1.54) is 6.92 Å². The van der Waals surface area contributed by atoms with Crippen LogP contribution in [0, 0.1) is 6.92 Å². The number of rotatable bonds is 4. The summed E-state index contributed by atoms with van der Waals surface area (Å²) < 4.78 is 5.51. The van der Waals surface area contributed by atoms with Gasteiger partial charge in [0.15, 0.2) is 0 Å². The van der Waals surface area contributed by atoms with Crippen molar-refractivity contribution in [3.8, 4) is 0 Å². The average molecular weight is 291 g/mol. The van der Waals surface area contributed by atoms with Gasteiger partial charge in [-0.2, -0.15) is 0 Å². The van der Waals surface area contributed by atoms with Crippen LogP contribution in [0.25, 0.3) is 0 Å². The quantitative estimate of drug-likeness (QED) is 0.780. The summed E-state index contributed by atoms with van der Waals surface area (Å²) in [6.45, 7) is 5.51. The zero-order valence-electron chi connectivity index (χ0n) is 12.4. The minimum Gasteiger partial charge on any atom is -0.375 e. The fourth-order valence-electron chi connectivity index (χ4n) is 2.20. The van der Waals surface area contributed by atoms with Crippen molar-refractivity contribution in [2.24, 2.45) is 0 Å². The molecule has 1 atom stereocenters. The number of hydrogen-bond acceptors (Lipinski definition) is 4. The molecule has 1 saturated heterocycles. The van der Waals surface area contributed by atoms with Crippen molar-refractivity contribution in [3.63, 3.8) is 0 Å². The van der Waals surface area contributed by atoms with Crippen LogP contribution in [0.4, 0.5) is 11.4 Å². The molecule has 0 radical (unpaired) electrons. The van der Waals surface area contributed by atoms with Gasteiger partial charge in [-0.25, -0.2) is 0 Å². The molecule has 6 heteroatoms. The fraction of sp³-hybridized carbons (Fsp3) is 0.467. The number of amides is 2. The molecule has 0 saturated carbocycles. The first-order valence-electron chi connectivity index (χ1n) is 7.05. The molecule has 2 amide bonds. The van der Waals surface area contributed by atoms with E-state index >= 15 is 0 Å². The highest BCUT2D eigenvalue weighted by atomic mass is 16.5. The maximum Gasteiger partial charge on any atom is 0.227 e. The third kappa shape index (κ3) is 4.84. The molecule has 1 aliphatic heterocycles. The number of benzene rings is 1. The van der Waals surface area contributed by atoms with Gasteiger partial charge in [0.1, 0.15) is 0 Å². The molecule has 1 unspecified atom stereocenters. The van der Waals surface area contributed by atoms with E-state index in [1.54, 1.807) is 12.1 Å². The Morgan fingerprint density at radius 1 is 1.38 bits per heavy atom. The predicted octanol–water partition coefficient (Wildman–Crippen LogP) is 1.27. The Morgan fingerprint density at radius 2 is 2.19 bits per heavy atom. The summed E-state index contributed by atoms with van der Waals surface area (Å²) in [6, 6.07) is 5.43. The largest absolute Gasteiger partial charge is 0.375 e. The number of carbonyl (C=O) groups excluding carboxylic acids is 2. The average Bonchev–Trinajstić information content (AvgIpc) is 2.43. The number of morpholine rings is 1. The molecule has 1 aromatic carbocycles. The summed E-state index contributed by atoms with van der Waals surface area (Å²) in [6.07, 6.45) is 0.231. The lowest BCUT2D eigenvalue weighted by Gasteiger charge is -2.23. The lowest BCUT2D eigenvalue weighted by molar-refractivity contribution is -0.119. The van der Waals surface area contributed by atoms with Crippen LogP contribution in [0.3, 0.4) is 0 Å². The molecule has 1 fully saturated rings. The molecule has 0 spiro atoms. The summed E-state index contributed by atoms with van der Waals surface area (Å²) in [7, 11) is 0. The molecular weight excluding hydrogens is 270 g/mol. The molecule has 1 heterocycles. The van der Waals surface area contributed by atoms with Gasteiger partial charge in [0, 0.05) is 31.4 Å². The minimum absolute atomic E-state index is 0.0856. The second-order valence-electron chi connectivity index (χ2n) is 5.16. The monoisotopic (exact) mass is 291 g/mol. The van der Waals surface area contributed by atoms with Gasteiger partial charge in [-0.05, 0) is 24.6 Å². The van der Waals surface area contributed by atoms with E-state index in [9.17, 15) is 9.59 Å². The summed E-state index contributed by atoms with van der Waals surface area (Å²) in [5.41, 5.74) is 2.31. The summed E-state index contributed by atoms with van der Waals surface area (Å²) >= 11 is 0. The highest BCUT2D eigenvalue weighted by Gasteiger charge is 2.17. The first kappa shape index (κ1) is 15.5. The number of nitrogens with one attached hydrogen (secondary N) is 3. The molecule has 6 nitrogen and oxygen atoms in total. The van der Waals surface area contributed by atoms with Crippen LogP contribution < -0.4 is 16.0 Å². The van der Waals surface area contributed by atoms with Gasteiger partial charge in [-0.3, -0.25) is 9.59 Å². The van der Waals surface area contributed by atoms with Gasteiger partial charge in [0.05, 0.1) is 19.1 Å². The van der Waals surface area contributed by atoms with Gasteiger partial charge in [0.25, 0.3) is 0 Å². The first-order valence-corrected chi connectivity index (χ1v) is 7.05. The van der Waals surface area contributed by atoms with E-state index in [1.807, 2.05) is 13.0 Å². The number of ether oxygens (including phenoxy) is 1. The van der Waals surface area contributed by atoms with E-state index in [-0.39, 0.29) is 17.9 Å². The third-order valence-corrected chi connectivity index (χ3v) is 3.25. The maximum atomic E-state index is 12.1. The molecule has 21 heavy (non-hydrogen) atoms. The van der Waals surface area contributed by atoms with Crippen molar-refractivity contribution in [3.05, 3.63) is 23.8 Å². The minimum atomic E-state index is -0.141. The van der Waals surface area contributed by atoms with Crippen LogP contribution >= 0.6 is 0 Å². The molecule has 3 N–H and O–H groups in total. The smallest absolute Gasteiger partial charge is 0.227 e. The highest BCUT2D eigenvalue weighted by Crippen LogP contribution is 2.20. The molecule has 0 aromatic heterocycles. The van der Waals surface area contributed by atoms with Crippen molar-refractivity contribution < 1.29 is 14.3 Å². The van der Waals surface area contributed by atoms with Gasteiger partial charge in [0.2, 0.25) is 11.8 Å². The molecule has 0 aliphatic carbocycles. The molecule has 114 valence electrons. The number of aryl methyl sites for hydroxylation is 1. The fourth-order valence-corrected chi connectivity index (χ4v) is 2.20. The van der Waals surface area contributed by atoms with Crippen LogP contribution in [0.1, 0.15) is 18.9 Å². The van der Waals surface area contributed by atoms with Crippen molar-refractivity contribution in [2.45, 2.75) is 26.4 Å². The lowest BCUT2D eigenvalue weighted by atomic mass is 10.1. The van der Waals surface area contributed by atoms with Gasteiger partial charge in [-0.15, -0.1) is 0 Å². The Hall–Kier alpha value is -1.92. The van der Waals surface area contributed by atoms with Gasteiger partial charge in [-0.1, -0.05) is 6.07 Å². The van der Waals surface area contributed by atoms with E-state index in [0.29, 0.717) is 30.9 Å². The Balaban J connectivity index is 1.97. The summed E-state index contributed by atoms with van der Waals surface area (Å²) in [5, 5.41) is 8.77. The second kappa shape index (κ2) is 7.19. The highest BCUT2D eigenvalue weighted by molar-refractivity contribution is 5.94. The third-order valence-electron chi connectivity index (χ3n) is 3.25. The lowest BCUT2D eigenvalue weighted by Crippen LogP contribution is -2.40. The molecule has 0 bridgehead atoms. The molecule has 1 aliphatic rings. The number of anilines is 2. The van der Waals surface area contributed by atoms with E-state index < -0.39 is 0 Å². The molecular formula is C15H21N3O3. The van der Waals surface area contributed by atoms with Gasteiger partial charge >= 0.3 is 0 Å². The van der Waals surface area contributed by atoms with Crippen molar-refractivity contribution in [1.29, 1.82) is 0 Å². The normalized spacial score (nSPS) is 18.1. The Labute approximate surface area is 124 Å². The number of hydrogen-bond donors (Lipinski definition) is 3. The topological polar surface area (TPSA) is 79.5 Å². The molecule has 1 aromatic rings. The zero-order valence-corrected chi connectivity index (χ0v) is 12.4. The maximum absolute atomic E-state index is 12.1. The van der Waals surface area contributed by atoms with E-state index in [4.69, 9.17) is 4.74 Å². The number of carbonyl (C=O) groups is 2. The summed E-state index contributed by atoms with van der Waals surface area (Å²) in [4.78, 5) is 23.1. The van der Waals surface area contributed by atoms with Crippen LogP contribution in [-0.2, 0) is 14.3 Å². The second-order valence-corrected chi connectivity index (χ2v) is 5.16. The van der Waals surface area contributed by atoms with Crippen LogP contribution in [0.2, 0.25) is 0 Å². The van der Waals surface area contributed by atoms with E-state index in [2.05, 4.69) is 16.0 Å². The first-order chi connectivity index (χ1) is 10.0. The standard InChI is InChI=1S/C15H21N3O3/c1-10-3-4-12(17-11(2)19)7-14(10)18-15(20)8-13-9-16-5-6-21-13/h3-4,7,13,16H,5-6,8-9H2,1-2H3,(H,17,19)(H,18,20). The van der Waals surface area contributed by atoms with Crippen LogP contribution in [0.15, 0.2) is 18.2 Å². The van der Waals surface area contributed by atoms with Crippen molar-refractivity contribution >= 4 is 23.2 Å². The Morgan fingerprint density at radius 3 is 2.86 bits per heavy atom. The Kier molecular flexibility index (Phi) is 5.30. The predicted molar refractivity (Wildman–Crippen MR) is 81.3 cm³/mol. The molecule has 2 rings (SSSR count). The van der Waals surface area contributed by atoms with Crippen molar-refractivity contribution in [2.75, 3.05) is 30.3 Å². The van der Waals surface area contributed by atoms with Crippen LogP contribution in [0.5, 0.6) is 0 Å². The van der Waals surface area contributed by atoms with Crippen LogP contribution in [-0.4, -0.2) is 37.6 Å². The SMILES string of the molecule is CC(=O)Nc1ccc(C)c(NC(=O)CC2CNCCO2)c1. The Bertz CT molecular complexity index is 525. The summed E-state index contributed by atoms with van der Waals surface area (Å²) in [5.74, 6) is -0.232.